The maximum absolute atomic E-state index is 13.6. The smallest absolute Gasteiger partial charge is 0.163 e. The first-order valence-corrected chi connectivity index (χ1v) is 12.2. The van der Waals surface area contributed by atoms with Crippen molar-refractivity contribution in [2.24, 2.45) is 0 Å². The maximum Gasteiger partial charge on any atom is 0.163 e. The van der Waals surface area contributed by atoms with E-state index in [-0.39, 0.29) is 23.8 Å². The Hall–Kier alpha value is -3.05. The van der Waals surface area contributed by atoms with E-state index in [1.165, 1.54) is 0 Å². The monoisotopic (exact) mass is 502 g/mol. The second-order valence-corrected chi connectivity index (χ2v) is 9.87. The first kappa shape index (κ1) is 21.8. The molecule has 0 amide bonds. The molecule has 1 aliphatic carbocycles. The van der Waals surface area contributed by atoms with E-state index < -0.39 is 0 Å². The number of nitrogens with one attached hydrogen (secondary N) is 2. The number of ether oxygens (including phenoxy) is 1. The summed E-state index contributed by atoms with van der Waals surface area (Å²) in [7, 11) is 0. The number of allylic oxidation sites excluding steroid dienone is 1. The minimum atomic E-state index is -0.205. The van der Waals surface area contributed by atoms with Crippen molar-refractivity contribution in [1.82, 2.24) is 0 Å². The van der Waals surface area contributed by atoms with Crippen LogP contribution in [0.2, 0.25) is 0 Å². The van der Waals surface area contributed by atoms with Crippen LogP contribution in [-0.2, 0) is 4.79 Å². The van der Waals surface area contributed by atoms with Crippen molar-refractivity contribution in [2.75, 3.05) is 10.6 Å². The first-order chi connectivity index (χ1) is 16.0. The molecule has 0 saturated heterocycles. The van der Waals surface area contributed by atoms with Crippen LogP contribution >= 0.6 is 15.9 Å². The second kappa shape index (κ2) is 9.06. The molecule has 3 aromatic rings. The van der Waals surface area contributed by atoms with Gasteiger partial charge in [-0.2, -0.15) is 0 Å². The zero-order valence-electron chi connectivity index (χ0n) is 18.8. The van der Waals surface area contributed by atoms with E-state index in [1.54, 1.807) is 0 Å². The standard InChI is InChI=1S/C28H27BrN2O2/c1-17(2)33-22-12-10-18(11-13-22)20-15-25-27(26(32)16-20)28(19-6-5-7-21(29)14-19)31-24-9-4-3-8-23(24)30-25/h3-14,17,20,28,30-31H,15-16H2,1-2H3. The second-order valence-electron chi connectivity index (χ2n) is 8.96. The number of carbonyl (C=O) groups excluding carboxylic acids is 1. The van der Waals surface area contributed by atoms with Crippen LogP contribution in [0.5, 0.6) is 5.75 Å². The van der Waals surface area contributed by atoms with E-state index in [0.717, 1.165) is 50.4 Å². The van der Waals surface area contributed by atoms with Gasteiger partial charge in [0.1, 0.15) is 5.75 Å². The Labute approximate surface area is 203 Å². The third kappa shape index (κ3) is 4.55. The average molecular weight is 503 g/mol. The lowest BCUT2D eigenvalue weighted by atomic mass is 9.78. The van der Waals surface area contributed by atoms with E-state index in [4.69, 9.17) is 4.74 Å². The Kier molecular flexibility index (Phi) is 5.98. The van der Waals surface area contributed by atoms with E-state index in [9.17, 15) is 4.79 Å². The lowest BCUT2D eigenvalue weighted by molar-refractivity contribution is -0.116. The Bertz CT molecular complexity index is 1220. The number of carbonyl (C=O) groups is 1. The predicted octanol–water partition coefficient (Wildman–Crippen LogP) is 7.22. The molecule has 1 aliphatic heterocycles. The van der Waals surface area contributed by atoms with Crippen LogP contribution in [0.15, 0.2) is 88.5 Å². The third-order valence-corrected chi connectivity index (χ3v) is 6.71. The quantitative estimate of drug-likeness (QED) is 0.395. The van der Waals surface area contributed by atoms with Crippen molar-refractivity contribution >= 4 is 33.1 Å². The Morgan fingerprint density at radius 1 is 0.909 bits per heavy atom. The van der Waals surface area contributed by atoms with Crippen molar-refractivity contribution in [2.45, 2.75) is 44.8 Å². The van der Waals surface area contributed by atoms with Crippen molar-refractivity contribution in [3.05, 3.63) is 99.7 Å². The zero-order chi connectivity index (χ0) is 22.9. The number of Topliss-reactive ketones (excluding diaryl/α,β-unsaturated/α-hetero) is 1. The van der Waals surface area contributed by atoms with Crippen LogP contribution in [-0.4, -0.2) is 11.9 Å². The van der Waals surface area contributed by atoms with Gasteiger partial charge < -0.3 is 15.4 Å². The molecule has 4 nitrogen and oxygen atoms in total. The maximum atomic E-state index is 13.6. The summed E-state index contributed by atoms with van der Waals surface area (Å²) in [5.41, 5.74) is 6.06. The molecule has 2 unspecified atom stereocenters. The van der Waals surface area contributed by atoms with Crippen LogP contribution in [0.3, 0.4) is 0 Å². The van der Waals surface area contributed by atoms with Crippen molar-refractivity contribution in [1.29, 1.82) is 0 Å². The molecule has 2 atom stereocenters. The molecular formula is C28H27BrN2O2. The molecule has 5 rings (SSSR count). The molecule has 0 saturated carbocycles. The first-order valence-electron chi connectivity index (χ1n) is 11.4. The molecule has 2 aliphatic rings. The predicted molar refractivity (Wildman–Crippen MR) is 137 cm³/mol. The summed E-state index contributed by atoms with van der Waals surface area (Å²) in [5.74, 6) is 1.17. The normalized spacial score (nSPS) is 19.8. The van der Waals surface area contributed by atoms with Gasteiger partial charge in [0.15, 0.2) is 5.78 Å². The topological polar surface area (TPSA) is 50.4 Å². The van der Waals surface area contributed by atoms with Crippen molar-refractivity contribution in [3.8, 4) is 5.75 Å². The number of para-hydroxylation sites is 2. The molecule has 33 heavy (non-hydrogen) atoms. The number of fused-ring (bicyclic) bond motifs is 1. The highest BCUT2D eigenvalue weighted by molar-refractivity contribution is 9.10. The number of anilines is 2. The Balaban J connectivity index is 1.52. The third-order valence-electron chi connectivity index (χ3n) is 6.21. The Morgan fingerprint density at radius 3 is 2.39 bits per heavy atom. The molecule has 0 aromatic heterocycles. The van der Waals surface area contributed by atoms with E-state index in [0.29, 0.717) is 6.42 Å². The van der Waals surface area contributed by atoms with Crippen LogP contribution < -0.4 is 15.4 Å². The number of hydrogen-bond acceptors (Lipinski definition) is 4. The van der Waals surface area contributed by atoms with Crippen molar-refractivity contribution in [3.63, 3.8) is 0 Å². The van der Waals surface area contributed by atoms with Gasteiger partial charge in [0.2, 0.25) is 0 Å². The fourth-order valence-corrected chi connectivity index (χ4v) is 5.17. The van der Waals surface area contributed by atoms with Crippen LogP contribution in [0, 0.1) is 0 Å². The molecule has 3 aromatic carbocycles. The van der Waals surface area contributed by atoms with Gasteiger partial charge in [-0.15, -0.1) is 0 Å². The fraction of sp³-hybridized carbons (Fsp3) is 0.250. The van der Waals surface area contributed by atoms with Crippen LogP contribution in [0.25, 0.3) is 0 Å². The summed E-state index contributed by atoms with van der Waals surface area (Å²) >= 11 is 3.59. The number of ketones is 1. The zero-order valence-corrected chi connectivity index (χ0v) is 20.4. The molecule has 168 valence electrons. The Morgan fingerprint density at radius 2 is 1.67 bits per heavy atom. The van der Waals surface area contributed by atoms with Crippen LogP contribution in [0.1, 0.15) is 49.8 Å². The molecule has 2 N–H and O–H groups in total. The van der Waals surface area contributed by atoms with Gasteiger partial charge in [0.05, 0.1) is 23.5 Å². The lowest BCUT2D eigenvalue weighted by Gasteiger charge is -2.30. The van der Waals surface area contributed by atoms with E-state index in [2.05, 4.69) is 63.0 Å². The minimum absolute atomic E-state index is 0.130. The summed E-state index contributed by atoms with van der Waals surface area (Å²) in [6, 6.07) is 24.3. The van der Waals surface area contributed by atoms with Crippen molar-refractivity contribution < 1.29 is 9.53 Å². The number of halogens is 1. The lowest BCUT2D eigenvalue weighted by Crippen LogP contribution is -2.26. The fourth-order valence-electron chi connectivity index (χ4n) is 4.75. The van der Waals surface area contributed by atoms with E-state index >= 15 is 0 Å². The van der Waals surface area contributed by atoms with E-state index in [1.807, 2.05) is 50.2 Å². The van der Waals surface area contributed by atoms with Gasteiger partial charge >= 0.3 is 0 Å². The molecular weight excluding hydrogens is 476 g/mol. The van der Waals surface area contributed by atoms with Gasteiger partial charge in [0.25, 0.3) is 0 Å². The van der Waals surface area contributed by atoms with Gasteiger partial charge in [-0.3, -0.25) is 4.79 Å². The number of benzene rings is 3. The number of rotatable bonds is 4. The summed E-state index contributed by atoms with van der Waals surface area (Å²) in [6.07, 6.45) is 1.41. The van der Waals surface area contributed by atoms with Gasteiger partial charge in [-0.05, 0) is 73.7 Å². The molecule has 0 radical (unpaired) electrons. The summed E-state index contributed by atoms with van der Waals surface area (Å²) in [6.45, 7) is 4.04. The molecule has 0 fully saturated rings. The highest BCUT2D eigenvalue weighted by atomic mass is 79.9. The number of hydrogen-bond donors (Lipinski definition) is 2. The van der Waals surface area contributed by atoms with Crippen LogP contribution in [0.4, 0.5) is 11.4 Å². The highest BCUT2D eigenvalue weighted by Crippen LogP contribution is 2.44. The van der Waals surface area contributed by atoms with Gasteiger partial charge in [-0.25, -0.2) is 0 Å². The van der Waals surface area contributed by atoms with Gasteiger partial charge in [-0.1, -0.05) is 52.3 Å². The minimum Gasteiger partial charge on any atom is -0.491 e. The molecule has 5 heteroatoms. The average Bonchev–Trinajstić information content (AvgIpc) is 2.96. The summed E-state index contributed by atoms with van der Waals surface area (Å²) in [4.78, 5) is 13.6. The SMILES string of the molecule is CC(C)Oc1ccc(C2CC(=O)C3=C(C2)Nc2ccccc2NC3c2cccc(Br)c2)cc1. The molecule has 0 spiro atoms. The summed E-state index contributed by atoms with van der Waals surface area (Å²) in [5, 5.41) is 7.24. The molecule has 1 heterocycles. The summed E-state index contributed by atoms with van der Waals surface area (Å²) < 4.78 is 6.79. The highest BCUT2D eigenvalue weighted by Gasteiger charge is 2.36. The van der Waals surface area contributed by atoms with Gasteiger partial charge in [0, 0.05) is 22.2 Å². The molecule has 0 bridgehead atoms. The largest absolute Gasteiger partial charge is 0.491 e.